The molecule has 0 fully saturated rings. The van der Waals surface area contributed by atoms with Crippen LogP contribution in [0, 0.1) is 5.92 Å². The molecular formula is C16H20O. The number of rotatable bonds is 5. The van der Waals surface area contributed by atoms with Crippen LogP contribution in [0.2, 0.25) is 0 Å². The Morgan fingerprint density at radius 2 is 1.88 bits per heavy atom. The van der Waals surface area contributed by atoms with Crippen LogP contribution in [0.3, 0.4) is 0 Å². The lowest BCUT2D eigenvalue weighted by atomic mass is 10.0. The molecule has 0 heterocycles. The maximum atomic E-state index is 11.0. The molecule has 1 nitrogen and oxygen atoms in total. The number of Topliss-reactive ketones (excluding diaryl/α,β-unsaturated/α-hetero) is 1. The highest BCUT2D eigenvalue weighted by Gasteiger charge is 1.98. The smallest absolute Gasteiger partial charge is 0.133 e. The molecule has 1 aromatic rings. The summed E-state index contributed by atoms with van der Waals surface area (Å²) in [5, 5.41) is 0. The summed E-state index contributed by atoms with van der Waals surface area (Å²) < 4.78 is 0. The number of carbonyl (C=O) groups excluding carboxylic acids is 1. The molecule has 1 heteroatoms. The van der Waals surface area contributed by atoms with Crippen LogP contribution >= 0.6 is 0 Å². The zero-order valence-electron chi connectivity index (χ0n) is 10.8. The fraction of sp³-hybridized carbons (Fsp3) is 0.312. The number of allylic oxidation sites excluding steroid dienone is 3. The van der Waals surface area contributed by atoms with Gasteiger partial charge >= 0.3 is 0 Å². The Morgan fingerprint density at radius 1 is 1.24 bits per heavy atom. The van der Waals surface area contributed by atoms with E-state index in [9.17, 15) is 4.79 Å². The van der Waals surface area contributed by atoms with Gasteiger partial charge in [0, 0.05) is 6.42 Å². The maximum Gasteiger partial charge on any atom is 0.133 e. The second-order valence-electron chi connectivity index (χ2n) is 4.52. The average molecular weight is 228 g/mol. The fourth-order valence-electron chi connectivity index (χ4n) is 1.78. The molecule has 0 aliphatic heterocycles. The monoisotopic (exact) mass is 228 g/mol. The van der Waals surface area contributed by atoms with Crippen molar-refractivity contribution in [2.45, 2.75) is 27.2 Å². The van der Waals surface area contributed by atoms with Gasteiger partial charge < -0.3 is 0 Å². The normalized spacial score (nSPS) is 13.9. The second-order valence-corrected chi connectivity index (χ2v) is 4.52. The summed E-state index contributed by atoms with van der Waals surface area (Å²) in [5.41, 5.74) is 2.35. The topological polar surface area (TPSA) is 17.1 Å². The van der Waals surface area contributed by atoms with Crippen LogP contribution in [0.15, 0.2) is 48.1 Å². The molecule has 0 spiro atoms. The first-order valence-electron chi connectivity index (χ1n) is 5.98. The summed E-state index contributed by atoms with van der Waals surface area (Å²) in [6.07, 6.45) is 6.96. The number of carbonyl (C=O) groups is 1. The quantitative estimate of drug-likeness (QED) is 0.688. The highest BCUT2D eigenvalue weighted by Crippen LogP contribution is 2.10. The first-order valence-corrected chi connectivity index (χ1v) is 5.98. The highest BCUT2D eigenvalue weighted by molar-refractivity contribution is 5.77. The predicted molar refractivity (Wildman–Crippen MR) is 73.7 cm³/mol. The van der Waals surface area contributed by atoms with Gasteiger partial charge in [-0.05, 0) is 25.3 Å². The summed E-state index contributed by atoms with van der Waals surface area (Å²) in [5.74, 6) is 0.576. The third kappa shape index (κ3) is 5.86. The molecule has 0 amide bonds. The van der Waals surface area contributed by atoms with E-state index < -0.39 is 0 Å². The van der Waals surface area contributed by atoms with Crippen molar-refractivity contribution < 1.29 is 4.79 Å². The molecule has 90 valence electrons. The van der Waals surface area contributed by atoms with Gasteiger partial charge in [0.1, 0.15) is 5.78 Å². The zero-order valence-corrected chi connectivity index (χ0v) is 10.8. The number of benzene rings is 1. The molecule has 1 rings (SSSR count). The van der Waals surface area contributed by atoms with Crippen LogP contribution < -0.4 is 0 Å². The van der Waals surface area contributed by atoms with Crippen molar-refractivity contribution in [1.82, 2.24) is 0 Å². The molecule has 0 aliphatic carbocycles. The van der Waals surface area contributed by atoms with E-state index in [1.807, 2.05) is 25.1 Å². The van der Waals surface area contributed by atoms with E-state index in [2.05, 4.69) is 37.3 Å². The largest absolute Gasteiger partial charge is 0.300 e. The first-order chi connectivity index (χ1) is 8.08. The van der Waals surface area contributed by atoms with Crippen molar-refractivity contribution in [3.05, 3.63) is 53.6 Å². The van der Waals surface area contributed by atoms with Crippen molar-refractivity contribution >= 4 is 11.9 Å². The Kier molecular flexibility index (Phi) is 5.41. The molecule has 0 radical (unpaired) electrons. The SMILES string of the molecule is CC(=O)C/C(C)=C/[C@@H](C)/C=C/c1ccccc1. The summed E-state index contributed by atoms with van der Waals surface area (Å²) in [6, 6.07) is 10.2. The third-order valence-electron chi connectivity index (χ3n) is 2.47. The molecular weight excluding hydrogens is 208 g/mol. The van der Waals surface area contributed by atoms with Gasteiger partial charge in [0.05, 0.1) is 0 Å². The predicted octanol–water partition coefficient (Wildman–Crippen LogP) is 4.26. The summed E-state index contributed by atoms with van der Waals surface area (Å²) >= 11 is 0. The lowest BCUT2D eigenvalue weighted by molar-refractivity contribution is -0.116. The average Bonchev–Trinajstić information content (AvgIpc) is 2.26. The highest BCUT2D eigenvalue weighted by atomic mass is 16.1. The van der Waals surface area contributed by atoms with Gasteiger partial charge in [0.15, 0.2) is 0 Å². The minimum Gasteiger partial charge on any atom is -0.300 e. The molecule has 0 aliphatic rings. The van der Waals surface area contributed by atoms with E-state index >= 15 is 0 Å². The summed E-state index contributed by atoms with van der Waals surface area (Å²) in [7, 11) is 0. The Bertz CT molecular complexity index is 412. The van der Waals surface area contributed by atoms with E-state index in [0.717, 1.165) is 5.57 Å². The van der Waals surface area contributed by atoms with Crippen molar-refractivity contribution in [1.29, 1.82) is 0 Å². The van der Waals surface area contributed by atoms with Crippen molar-refractivity contribution in [3.63, 3.8) is 0 Å². The van der Waals surface area contributed by atoms with Crippen LogP contribution in [-0.4, -0.2) is 5.78 Å². The van der Waals surface area contributed by atoms with Gasteiger partial charge in [-0.1, -0.05) is 61.1 Å². The van der Waals surface area contributed by atoms with Gasteiger partial charge in [0.25, 0.3) is 0 Å². The Labute approximate surface area is 104 Å². The molecule has 0 saturated heterocycles. The molecule has 1 aromatic carbocycles. The van der Waals surface area contributed by atoms with Crippen LogP contribution in [0.4, 0.5) is 0 Å². The lowest BCUT2D eigenvalue weighted by Gasteiger charge is -2.02. The number of ketones is 1. The molecule has 0 unspecified atom stereocenters. The van der Waals surface area contributed by atoms with Gasteiger partial charge in [0.2, 0.25) is 0 Å². The Balaban J connectivity index is 2.57. The first kappa shape index (κ1) is 13.4. The van der Waals surface area contributed by atoms with E-state index in [4.69, 9.17) is 0 Å². The summed E-state index contributed by atoms with van der Waals surface area (Å²) in [6.45, 7) is 5.76. The van der Waals surface area contributed by atoms with Gasteiger partial charge in [-0.2, -0.15) is 0 Å². The number of hydrogen-bond acceptors (Lipinski definition) is 1. The molecule has 0 saturated carbocycles. The van der Waals surface area contributed by atoms with Crippen molar-refractivity contribution in [3.8, 4) is 0 Å². The standard InChI is InChI=1S/C16H20O/c1-13(11-14(2)12-15(3)17)9-10-16-7-5-4-6-8-16/h4-11,13H,12H2,1-3H3/b10-9+,14-11+/t13-/m0/s1. The molecule has 0 bridgehead atoms. The van der Waals surface area contributed by atoms with Crippen molar-refractivity contribution in [2.24, 2.45) is 5.92 Å². The minimum atomic E-state index is 0.220. The Hall–Kier alpha value is -1.63. The molecule has 0 aromatic heterocycles. The maximum absolute atomic E-state index is 11.0. The fourth-order valence-corrected chi connectivity index (χ4v) is 1.78. The molecule has 1 atom stereocenters. The van der Waals surface area contributed by atoms with Crippen LogP contribution in [0.25, 0.3) is 6.08 Å². The van der Waals surface area contributed by atoms with E-state index in [0.29, 0.717) is 12.3 Å². The minimum absolute atomic E-state index is 0.220. The lowest BCUT2D eigenvalue weighted by Crippen LogP contribution is -1.93. The third-order valence-corrected chi connectivity index (χ3v) is 2.47. The van der Waals surface area contributed by atoms with Gasteiger partial charge in [-0.25, -0.2) is 0 Å². The van der Waals surface area contributed by atoms with Gasteiger partial charge in [-0.15, -0.1) is 0 Å². The Morgan fingerprint density at radius 3 is 2.47 bits per heavy atom. The van der Waals surface area contributed by atoms with Crippen LogP contribution in [-0.2, 0) is 4.79 Å². The van der Waals surface area contributed by atoms with Gasteiger partial charge in [-0.3, -0.25) is 4.79 Å². The molecule has 0 N–H and O–H groups in total. The number of hydrogen-bond donors (Lipinski definition) is 0. The van der Waals surface area contributed by atoms with E-state index in [1.165, 1.54) is 5.56 Å². The second kappa shape index (κ2) is 6.85. The van der Waals surface area contributed by atoms with Crippen molar-refractivity contribution in [2.75, 3.05) is 0 Å². The van der Waals surface area contributed by atoms with Crippen LogP contribution in [0.1, 0.15) is 32.8 Å². The van der Waals surface area contributed by atoms with E-state index in [1.54, 1.807) is 6.92 Å². The van der Waals surface area contributed by atoms with E-state index in [-0.39, 0.29) is 5.78 Å². The molecule has 17 heavy (non-hydrogen) atoms. The van der Waals surface area contributed by atoms with Crippen LogP contribution in [0.5, 0.6) is 0 Å². The summed E-state index contributed by atoms with van der Waals surface area (Å²) in [4.78, 5) is 11.0. The zero-order chi connectivity index (χ0) is 12.7.